The number of hydrogen-bond donors (Lipinski definition) is 2. The second kappa shape index (κ2) is 8.02. The van der Waals surface area contributed by atoms with Crippen molar-refractivity contribution in [3.8, 4) is 10.6 Å². The van der Waals surface area contributed by atoms with Crippen LogP contribution in [0.2, 0.25) is 0 Å². The summed E-state index contributed by atoms with van der Waals surface area (Å²) in [5.41, 5.74) is 0.0256. The van der Waals surface area contributed by atoms with Gasteiger partial charge >= 0.3 is 6.03 Å². The first kappa shape index (κ1) is 22.0. The molecule has 0 aromatic carbocycles. The molecule has 1 saturated carbocycles. The number of rotatable bonds is 5. The van der Waals surface area contributed by atoms with Crippen molar-refractivity contribution in [3.05, 3.63) is 27.4 Å². The van der Waals surface area contributed by atoms with E-state index in [1.807, 2.05) is 24.4 Å². The fourth-order valence-corrected chi connectivity index (χ4v) is 6.72. The number of carbonyl (C=O) groups is 3. The van der Waals surface area contributed by atoms with Crippen LogP contribution in [-0.2, 0) is 16.1 Å². The molecule has 2 aliphatic rings. The molecule has 9 heteroatoms. The molecule has 2 aromatic rings. The van der Waals surface area contributed by atoms with Gasteiger partial charge in [0, 0.05) is 10.3 Å². The molecule has 2 atom stereocenters. The van der Waals surface area contributed by atoms with Crippen molar-refractivity contribution in [2.75, 3.05) is 6.54 Å². The molecular weight excluding hydrogens is 432 g/mol. The van der Waals surface area contributed by atoms with Crippen LogP contribution in [0.4, 0.5) is 4.79 Å². The van der Waals surface area contributed by atoms with Crippen LogP contribution >= 0.6 is 22.7 Å². The SMILES string of the molecule is Cc1nc(-c2ccc(CNC(=O)CN3C(=O)N[C@@]4(C[C@H](C)CC(C)(C)C4)C3=O)s2)cs1. The summed E-state index contributed by atoms with van der Waals surface area (Å²) in [5, 5.41) is 8.78. The Labute approximate surface area is 190 Å². The maximum absolute atomic E-state index is 13.2. The van der Waals surface area contributed by atoms with E-state index in [-0.39, 0.29) is 23.8 Å². The highest BCUT2D eigenvalue weighted by atomic mass is 32.1. The number of aromatic nitrogens is 1. The summed E-state index contributed by atoms with van der Waals surface area (Å²) < 4.78 is 0. The third-order valence-corrected chi connectivity index (χ3v) is 7.80. The number of carbonyl (C=O) groups excluding carboxylic acids is 3. The second-order valence-corrected chi connectivity index (χ2v) is 11.8. The summed E-state index contributed by atoms with van der Waals surface area (Å²) in [7, 11) is 0. The molecular formula is C22H28N4O3S2. The van der Waals surface area contributed by atoms with Crippen molar-refractivity contribution < 1.29 is 14.4 Å². The number of thiazole rings is 1. The Balaban J connectivity index is 1.36. The number of nitrogens with zero attached hydrogens (tertiary/aromatic N) is 2. The highest BCUT2D eigenvalue weighted by Gasteiger charge is 2.56. The van der Waals surface area contributed by atoms with Gasteiger partial charge in [0.1, 0.15) is 12.1 Å². The number of aryl methyl sites for hydroxylation is 1. The maximum atomic E-state index is 13.2. The zero-order chi connectivity index (χ0) is 22.4. The van der Waals surface area contributed by atoms with Crippen LogP contribution in [0.25, 0.3) is 10.6 Å². The first-order valence-electron chi connectivity index (χ1n) is 10.5. The van der Waals surface area contributed by atoms with Crippen LogP contribution in [0.3, 0.4) is 0 Å². The van der Waals surface area contributed by atoms with Crippen LogP contribution in [0.5, 0.6) is 0 Å². The third kappa shape index (κ3) is 4.52. The predicted octanol–water partition coefficient (Wildman–Crippen LogP) is 3.93. The van der Waals surface area contributed by atoms with Gasteiger partial charge in [-0.15, -0.1) is 22.7 Å². The Morgan fingerprint density at radius 1 is 1.32 bits per heavy atom. The monoisotopic (exact) mass is 460 g/mol. The quantitative estimate of drug-likeness (QED) is 0.662. The van der Waals surface area contributed by atoms with Gasteiger partial charge in [0.25, 0.3) is 5.91 Å². The predicted molar refractivity (Wildman–Crippen MR) is 122 cm³/mol. The topological polar surface area (TPSA) is 91.4 Å². The molecule has 7 nitrogen and oxygen atoms in total. The van der Waals surface area contributed by atoms with Crippen LogP contribution < -0.4 is 10.6 Å². The second-order valence-electron chi connectivity index (χ2n) is 9.55. The van der Waals surface area contributed by atoms with E-state index < -0.39 is 11.6 Å². The Morgan fingerprint density at radius 3 is 2.77 bits per heavy atom. The summed E-state index contributed by atoms with van der Waals surface area (Å²) in [5.74, 6) is -0.288. The number of nitrogens with one attached hydrogen (secondary N) is 2. The molecule has 4 amide bonds. The maximum Gasteiger partial charge on any atom is 0.325 e. The van der Waals surface area contributed by atoms with E-state index in [0.717, 1.165) is 31.8 Å². The molecule has 1 spiro atoms. The molecule has 0 radical (unpaired) electrons. The van der Waals surface area contributed by atoms with E-state index in [1.165, 1.54) is 0 Å². The van der Waals surface area contributed by atoms with Crippen molar-refractivity contribution in [1.29, 1.82) is 0 Å². The minimum absolute atomic E-state index is 0.0361. The Morgan fingerprint density at radius 2 is 2.10 bits per heavy atom. The first-order valence-corrected chi connectivity index (χ1v) is 12.2. The molecule has 1 aliphatic heterocycles. The standard InChI is InChI=1S/C22H28N4O3S2/c1-13-7-21(3,4)12-22(8-13)19(28)26(20(29)25-22)10-18(27)23-9-15-5-6-17(31-15)16-11-30-14(2)24-16/h5-6,11,13H,7-10,12H2,1-4H3,(H,23,27)(H,25,29)/t13-,22-/m1/s1. The molecule has 2 N–H and O–H groups in total. The number of imide groups is 1. The Kier molecular flexibility index (Phi) is 5.68. The minimum Gasteiger partial charge on any atom is -0.350 e. The van der Waals surface area contributed by atoms with E-state index in [9.17, 15) is 14.4 Å². The largest absolute Gasteiger partial charge is 0.350 e. The summed E-state index contributed by atoms with van der Waals surface area (Å²) in [6.45, 7) is 8.43. The normalized spacial score (nSPS) is 25.2. The lowest BCUT2D eigenvalue weighted by molar-refractivity contribution is -0.137. The summed E-state index contributed by atoms with van der Waals surface area (Å²) in [4.78, 5) is 45.8. The van der Waals surface area contributed by atoms with Crippen LogP contribution in [0, 0.1) is 18.3 Å². The number of urea groups is 1. The van der Waals surface area contributed by atoms with E-state index >= 15 is 0 Å². The van der Waals surface area contributed by atoms with Gasteiger partial charge in [0.15, 0.2) is 0 Å². The molecule has 166 valence electrons. The number of hydrogen-bond acceptors (Lipinski definition) is 6. The van der Waals surface area contributed by atoms with Crippen LogP contribution in [0.15, 0.2) is 17.5 Å². The van der Waals surface area contributed by atoms with Gasteiger partial charge in [0.2, 0.25) is 5.91 Å². The minimum atomic E-state index is -0.882. The van der Waals surface area contributed by atoms with Crippen molar-refractivity contribution in [3.63, 3.8) is 0 Å². The fourth-order valence-electron chi connectivity index (χ4n) is 5.12. The molecule has 1 saturated heterocycles. The van der Waals surface area contributed by atoms with Crippen molar-refractivity contribution >= 4 is 40.5 Å². The molecule has 31 heavy (non-hydrogen) atoms. The van der Waals surface area contributed by atoms with Crippen molar-refractivity contribution in [2.24, 2.45) is 11.3 Å². The van der Waals surface area contributed by atoms with Gasteiger partial charge < -0.3 is 10.6 Å². The molecule has 2 fully saturated rings. The molecule has 1 aliphatic carbocycles. The third-order valence-electron chi connectivity index (χ3n) is 5.92. The lowest BCUT2D eigenvalue weighted by Gasteiger charge is -2.43. The molecule has 2 aromatic heterocycles. The van der Waals surface area contributed by atoms with Gasteiger partial charge in [-0.3, -0.25) is 14.5 Å². The summed E-state index contributed by atoms with van der Waals surface area (Å²) in [6, 6.07) is 3.49. The number of amides is 4. The summed E-state index contributed by atoms with van der Waals surface area (Å²) in [6.07, 6.45) is 2.23. The zero-order valence-electron chi connectivity index (χ0n) is 18.3. The summed E-state index contributed by atoms with van der Waals surface area (Å²) >= 11 is 3.18. The first-order chi connectivity index (χ1) is 14.6. The zero-order valence-corrected chi connectivity index (χ0v) is 19.9. The number of thiophene rings is 1. The van der Waals surface area contributed by atoms with Crippen LogP contribution in [-0.4, -0.2) is 39.8 Å². The van der Waals surface area contributed by atoms with E-state index in [4.69, 9.17) is 0 Å². The molecule has 3 heterocycles. The van der Waals surface area contributed by atoms with Crippen molar-refractivity contribution in [2.45, 2.75) is 59.0 Å². The molecule has 4 rings (SSSR count). The van der Waals surface area contributed by atoms with Gasteiger partial charge in [-0.25, -0.2) is 9.78 Å². The molecule has 0 bridgehead atoms. The van der Waals surface area contributed by atoms with E-state index in [0.29, 0.717) is 25.3 Å². The highest BCUT2D eigenvalue weighted by molar-refractivity contribution is 7.16. The molecule has 0 unspecified atom stereocenters. The van der Waals surface area contributed by atoms with Gasteiger partial charge in [-0.1, -0.05) is 20.8 Å². The lowest BCUT2D eigenvalue weighted by atomic mass is 9.64. The smallest absolute Gasteiger partial charge is 0.325 e. The van der Waals surface area contributed by atoms with Gasteiger partial charge in [-0.2, -0.15) is 0 Å². The average Bonchev–Trinajstić information content (AvgIpc) is 3.34. The van der Waals surface area contributed by atoms with Crippen molar-refractivity contribution in [1.82, 2.24) is 20.5 Å². The lowest BCUT2D eigenvalue weighted by Crippen LogP contribution is -2.54. The van der Waals surface area contributed by atoms with Gasteiger partial charge in [0.05, 0.1) is 22.1 Å². The van der Waals surface area contributed by atoms with Gasteiger partial charge in [-0.05, 0) is 49.7 Å². The highest BCUT2D eigenvalue weighted by Crippen LogP contribution is 2.46. The fraction of sp³-hybridized carbons (Fsp3) is 0.545. The van der Waals surface area contributed by atoms with Crippen LogP contribution in [0.1, 0.15) is 49.9 Å². The average molecular weight is 461 g/mol. The van der Waals surface area contributed by atoms with E-state index in [1.54, 1.807) is 22.7 Å². The van der Waals surface area contributed by atoms with E-state index in [2.05, 4.69) is 36.4 Å². The Hall–Kier alpha value is -2.26. The Bertz CT molecular complexity index is 1030.